The van der Waals surface area contributed by atoms with E-state index in [1.54, 1.807) is 0 Å². The molecule has 0 unspecified atom stereocenters. The highest BCUT2D eigenvalue weighted by Gasteiger charge is 2.11. The highest BCUT2D eigenvalue weighted by Crippen LogP contribution is 2.16. The van der Waals surface area contributed by atoms with E-state index in [-0.39, 0.29) is 0 Å². The van der Waals surface area contributed by atoms with Crippen LogP contribution in [0, 0.1) is 0 Å². The number of hydrogen-bond acceptors (Lipinski definition) is 1. The van der Waals surface area contributed by atoms with Gasteiger partial charge in [-0.3, -0.25) is 0 Å². The van der Waals surface area contributed by atoms with Gasteiger partial charge in [-0.15, -0.1) is 0 Å². The first-order valence-corrected chi connectivity index (χ1v) is 8.48. The van der Waals surface area contributed by atoms with Crippen molar-refractivity contribution in [2.75, 3.05) is 0 Å². The van der Waals surface area contributed by atoms with Crippen molar-refractivity contribution in [3.8, 4) is 0 Å². The largest absolute Gasteiger partial charge is 0.503 e. The van der Waals surface area contributed by atoms with Gasteiger partial charge in [0.05, 0.1) is 0 Å². The number of hydrogen-bond donors (Lipinski definition) is 2. The van der Waals surface area contributed by atoms with Gasteiger partial charge in [0.15, 0.2) is 0 Å². The van der Waals surface area contributed by atoms with E-state index in [0.717, 1.165) is 6.42 Å². The van der Waals surface area contributed by atoms with E-state index in [1.165, 1.54) is 18.0 Å². The fraction of sp³-hybridized carbons (Fsp3) is 0.700. The van der Waals surface area contributed by atoms with E-state index < -0.39 is 14.2 Å². The maximum Gasteiger partial charge on any atom is 0.503 e. The minimum absolute atomic E-state index is 0.797. The lowest BCUT2D eigenvalue weighted by Gasteiger charge is -2.15. The molecular formula is C10H22O3Si. The highest BCUT2D eigenvalue weighted by atomic mass is 28.3. The van der Waals surface area contributed by atoms with Gasteiger partial charge < -0.3 is 10.2 Å². The fourth-order valence-corrected chi connectivity index (χ4v) is 1.83. The maximum atomic E-state index is 8.56. The van der Waals surface area contributed by atoms with Crippen LogP contribution in [-0.4, -0.2) is 24.4 Å². The van der Waals surface area contributed by atoms with Crippen molar-refractivity contribution in [1.29, 1.82) is 0 Å². The second-order valence-electron chi connectivity index (χ2n) is 4.45. The molecule has 2 N–H and O–H groups in total. The minimum atomic E-state index is -1.83. The van der Waals surface area contributed by atoms with E-state index in [0.29, 0.717) is 0 Å². The molecule has 14 heavy (non-hydrogen) atoms. The van der Waals surface area contributed by atoms with Crippen LogP contribution in [0.25, 0.3) is 0 Å². The molecule has 0 bridgehead atoms. The Morgan fingerprint density at radius 3 is 1.86 bits per heavy atom. The highest BCUT2D eigenvalue weighted by molar-refractivity contribution is 6.76. The number of carbonyl (C=O) groups is 1. The van der Waals surface area contributed by atoms with Gasteiger partial charge >= 0.3 is 6.16 Å². The SMILES string of the molecule is C=C(CC)CC[Si](C)(C)C.O=C(O)O. The van der Waals surface area contributed by atoms with E-state index in [9.17, 15) is 0 Å². The molecule has 0 aromatic carbocycles. The van der Waals surface area contributed by atoms with Crippen molar-refractivity contribution in [2.45, 2.75) is 45.5 Å². The summed E-state index contributed by atoms with van der Waals surface area (Å²) in [6, 6.07) is 1.40. The van der Waals surface area contributed by atoms with Crippen molar-refractivity contribution >= 4 is 14.2 Å². The third kappa shape index (κ3) is 22.5. The van der Waals surface area contributed by atoms with E-state index >= 15 is 0 Å². The van der Waals surface area contributed by atoms with Crippen LogP contribution in [0.4, 0.5) is 4.79 Å². The quantitative estimate of drug-likeness (QED) is 0.555. The Morgan fingerprint density at radius 2 is 1.64 bits per heavy atom. The Hall–Kier alpha value is -0.773. The zero-order valence-corrected chi connectivity index (χ0v) is 10.6. The van der Waals surface area contributed by atoms with Gasteiger partial charge in [-0.2, -0.15) is 0 Å². The van der Waals surface area contributed by atoms with Crippen LogP contribution in [-0.2, 0) is 0 Å². The lowest BCUT2D eigenvalue weighted by atomic mass is 10.2. The number of rotatable bonds is 4. The average molecular weight is 218 g/mol. The predicted octanol–water partition coefficient (Wildman–Crippen LogP) is 3.90. The van der Waals surface area contributed by atoms with Crippen molar-refractivity contribution in [3.05, 3.63) is 12.2 Å². The Kier molecular flexibility index (Phi) is 8.53. The molecule has 0 spiro atoms. The fourth-order valence-electron chi connectivity index (χ4n) is 0.729. The molecule has 0 aliphatic carbocycles. The average Bonchev–Trinajstić information content (AvgIpc) is 1.97. The van der Waals surface area contributed by atoms with E-state index in [2.05, 4.69) is 33.1 Å². The third-order valence-corrected chi connectivity index (χ3v) is 3.48. The van der Waals surface area contributed by atoms with Gasteiger partial charge in [0.2, 0.25) is 0 Å². The van der Waals surface area contributed by atoms with Gasteiger partial charge in [-0.1, -0.05) is 44.8 Å². The van der Waals surface area contributed by atoms with Crippen LogP contribution in [0.5, 0.6) is 0 Å². The standard InChI is InChI=1S/C9H20Si.CH2O3/c1-6-9(2)7-8-10(3,4)5;2-1(3)4/h2,6-8H2,1,3-5H3;(H2,2,3,4). The summed E-state index contributed by atoms with van der Waals surface area (Å²) in [6.45, 7) is 13.4. The Labute approximate surface area is 87.5 Å². The lowest BCUT2D eigenvalue weighted by Crippen LogP contribution is -2.18. The summed E-state index contributed by atoms with van der Waals surface area (Å²) in [6.07, 6.45) is 0.580. The third-order valence-electron chi connectivity index (χ3n) is 1.73. The molecule has 0 aromatic heterocycles. The van der Waals surface area contributed by atoms with Gasteiger partial charge in [0.1, 0.15) is 0 Å². The number of allylic oxidation sites excluding steroid dienone is 1. The maximum absolute atomic E-state index is 8.56. The topological polar surface area (TPSA) is 57.5 Å². The first kappa shape index (κ1) is 15.7. The monoisotopic (exact) mass is 218 g/mol. The predicted molar refractivity (Wildman–Crippen MR) is 62.9 cm³/mol. The number of carboxylic acid groups (broad SMARTS) is 2. The Bertz CT molecular complexity index is 178. The summed E-state index contributed by atoms with van der Waals surface area (Å²) >= 11 is 0. The molecule has 0 aromatic rings. The zero-order valence-electron chi connectivity index (χ0n) is 9.63. The molecule has 3 nitrogen and oxygen atoms in total. The molecule has 0 aliphatic rings. The van der Waals surface area contributed by atoms with Crippen molar-refractivity contribution in [3.63, 3.8) is 0 Å². The van der Waals surface area contributed by atoms with Gasteiger partial charge in [0, 0.05) is 8.07 Å². The van der Waals surface area contributed by atoms with Crippen LogP contribution < -0.4 is 0 Å². The second-order valence-corrected chi connectivity index (χ2v) is 10.1. The minimum Gasteiger partial charge on any atom is -0.450 e. The summed E-state index contributed by atoms with van der Waals surface area (Å²) in [4.78, 5) is 8.56. The summed E-state index contributed by atoms with van der Waals surface area (Å²) in [5.41, 5.74) is 1.42. The molecule has 0 amide bonds. The molecule has 0 aliphatic heterocycles. The summed E-state index contributed by atoms with van der Waals surface area (Å²) in [5, 5.41) is 13.9. The van der Waals surface area contributed by atoms with Crippen molar-refractivity contribution < 1.29 is 15.0 Å². The molecule has 84 valence electrons. The van der Waals surface area contributed by atoms with E-state index in [1.807, 2.05) is 0 Å². The van der Waals surface area contributed by atoms with Crippen LogP contribution >= 0.6 is 0 Å². The molecule has 0 saturated heterocycles. The van der Waals surface area contributed by atoms with Crippen molar-refractivity contribution in [1.82, 2.24) is 0 Å². The Balaban J connectivity index is 0. The van der Waals surface area contributed by atoms with E-state index in [4.69, 9.17) is 15.0 Å². The lowest BCUT2D eigenvalue weighted by molar-refractivity contribution is 0.137. The summed E-state index contributed by atoms with van der Waals surface area (Å²) in [5.74, 6) is 0. The zero-order chi connectivity index (χ0) is 11.8. The molecule has 0 atom stereocenters. The molecule has 0 heterocycles. The van der Waals surface area contributed by atoms with Crippen LogP contribution in [0.1, 0.15) is 19.8 Å². The molecular weight excluding hydrogens is 196 g/mol. The molecule has 0 saturated carbocycles. The van der Waals surface area contributed by atoms with Gasteiger partial charge in [0.25, 0.3) is 0 Å². The second kappa shape index (κ2) is 7.61. The van der Waals surface area contributed by atoms with Crippen LogP contribution in [0.3, 0.4) is 0 Å². The molecule has 0 radical (unpaired) electrons. The van der Waals surface area contributed by atoms with Gasteiger partial charge in [-0.05, 0) is 12.8 Å². The molecule has 4 heteroatoms. The molecule has 0 fully saturated rings. The first-order chi connectivity index (χ1) is 6.19. The van der Waals surface area contributed by atoms with Crippen LogP contribution in [0.2, 0.25) is 25.7 Å². The summed E-state index contributed by atoms with van der Waals surface area (Å²) < 4.78 is 0. The molecule has 0 rings (SSSR count). The smallest absolute Gasteiger partial charge is 0.450 e. The van der Waals surface area contributed by atoms with Gasteiger partial charge in [-0.25, -0.2) is 4.79 Å². The first-order valence-electron chi connectivity index (χ1n) is 4.77. The normalized spacial score (nSPS) is 10.0. The van der Waals surface area contributed by atoms with Crippen molar-refractivity contribution in [2.24, 2.45) is 0 Å². The van der Waals surface area contributed by atoms with Crippen LogP contribution in [0.15, 0.2) is 12.2 Å². The Morgan fingerprint density at radius 1 is 1.29 bits per heavy atom. The summed E-state index contributed by atoms with van der Waals surface area (Å²) in [7, 11) is -0.797.